The molecule has 0 saturated carbocycles. The van der Waals surface area contributed by atoms with Crippen LogP contribution in [0.25, 0.3) is 0 Å². The van der Waals surface area contributed by atoms with Crippen molar-refractivity contribution in [3.8, 4) is 0 Å². The molecule has 8 nitrogen and oxygen atoms in total. The Kier molecular flexibility index (Phi) is 6.37. The third kappa shape index (κ3) is 3.53. The summed E-state index contributed by atoms with van der Waals surface area (Å²) in [6.07, 6.45) is 1.29. The first-order chi connectivity index (χ1) is 19.3. The molecule has 9 heteroatoms. The van der Waals surface area contributed by atoms with Gasteiger partial charge in [0.1, 0.15) is 6.17 Å². The van der Waals surface area contributed by atoms with Crippen LogP contribution >= 0.6 is 0 Å². The largest absolute Gasteiger partial charge is 0.481 e. The molecule has 3 aromatic carbocycles. The van der Waals surface area contributed by atoms with Gasteiger partial charge in [0.25, 0.3) is 10.0 Å². The molecule has 208 valence electrons. The number of nitrogens with zero attached hydrogens (tertiary/aromatic N) is 3. The van der Waals surface area contributed by atoms with Gasteiger partial charge in [-0.3, -0.25) is 9.79 Å². The molecular formula is C31H34N4O4S. The zero-order valence-corrected chi connectivity index (χ0v) is 23.8. The number of rotatable bonds is 7. The van der Waals surface area contributed by atoms with Crippen LogP contribution < -0.4 is 9.62 Å². The summed E-state index contributed by atoms with van der Waals surface area (Å²) in [5.74, 6) is 0.632. The number of sulfonamides is 1. The standard InChI is InChI=1S/C31H34N4O4S/c1-4-39-29-31(17-19-32-29)25-10-6-8-12-27(25)35(40(37,38)23-15-13-22(2)14-16-23)28-30(31,18-20-34(3)21-36)24-9-5-7-11-26(24)33-28/h5-16,21,28,33H,4,17-20H2,1-3H3/t28-,30-,31-/m0/s1. The second-order valence-electron chi connectivity index (χ2n) is 10.8. The fourth-order valence-corrected chi connectivity index (χ4v) is 8.70. The molecule has 3 atom stereocenters. The van der Waals surface area contributed by atoms with Crippen LogP contribution in [0, 0.1) is 6.92 Å². The number of para-hydroxylation sites is 2. The lowest BCUT2D eigenvalue weighted by Crippen LogP contribution is -2.68. The van der Waals surface area contributed by atoms with Gasteiger partial charge >= 0.3 is 0 Å². The number of amides is 1. The van der Waals surface area contributed by atoms with E-state index in [0.717, 1.165) is 28.8 Å². The van der Waals surface area contributed by atoms with Crippen molar-refractivity contribution in [2.75, 3.05) is 36.4 Å². The zero-order valence-electron chi connectivity index (χ0n) is 23.0. The first kappa shape index (κ1) is 26.4. The molecule has 0 aromatic heterocycles. The number of aliphatic imine (C=N–C) groups is 1. The van der Waals surface area contributed by atoms with E-state index in [2.05, 4.69) is 11.4 Å². The van der Waals surface area contributed by atoms with Crippen molar-refractivity contribution in [3.63, 3.8) is 0 Å². The van der Waals surface area contributed by atoms with Gasteiger partial charge in [0.15, 0.2) is 5.90 Å². The van der Waals surface area contributed by atoms with Crippen molar-refractivity contribution >= 4 is 33.7 Å². The monoisotopic (exact) mass is 558 g/mol. The van der Waals surface area contributed by atoms with E-state index in [1.54, 1.807) is 28.4 Å². The Morgan fingerprint density at radius 3 is 2.50 bits per heavy atom. The molecule has 1 N–H and O–H groups in total. The van der Waals surface area contributed by atoms with Crippen LogP contribution in [-0.2, 0) is 30.4 Å². The van der Waals surface area contributed by atoms with Crippen LogP contribution in [0.3, 0.4) is 0 Å². The molecule has 3 aromatic rings. The number of fused-ring (bicyclic) bond motifs is 6. The van der Waals surface area contributed by atoms with Crippen LogP contribution in [0.4, 0.5) is 11.4 Å². The third-order valence-corrected chi connectivity index (χ3v) is 10.6. The number of ether oxygens (including phenoxy) is 1. The molecule has 0 aliphatic carbocycles. The smallest absolute Gasteiger partial charge is 0.266 e. The van der Waals surface area contributed by atoms with E-state index in [-0.39, 0.29) is 4.90 Å². The minimum Gasteiger partial charge on any atom is -0.481 e. The summed E-state index contributed by atoms with van der Waals surface area (Å²) in [5, 5.41) is 3.64. The Balaban J connectivity index is 1.70. The minimum absolute atomic E-state index is 0.227. The molecule has 0 fully saturated rings. The maximum Gasteiger partial charge on any atom is 0.266 e. The molecule has 3 heterocycles. The number of aryl methyl sites for hydroxylation is 1. The summed E-state index contributed by atoms with van der Waals surface area (Å²) in [6, 6.07) is 22.8. The SMILES string of the molecule is CCOC1=NCC[C@]12c1ccccc1N(S(=O)(=O)c1ccc(C)cc1)[C@@H]1Nc3ccccc3[C@@]12CCN(C)C=O. The van der Waals surface area contributed by atoms with E-state index in [4.69, 9.17) is 9.73 Å². The second kappa shape index (κ2) is 9.66. The van der Waals surface area contributed by atoms with Gasteiger partial charge in [-0.25, -0.2) is 12.7 Å². The highest BCUT2D eigenvalue weighted by molar-refractivity contribution is 7.92. The molecule has 3 aliphatic heterocycles. The molecule has 0 bridgehead atoms. The molecule has 6 rings (SSSR count). The van der Waals surface area contributed by atoms with Crippen LogP contribution in [-0.4, -0.2) is 58.5 Å². The number of hydrogen-bond donors (Lipinski definition) is 1. The van der Waals surface area contributed by atoms with Crippen molar-refractivity contribution in [3.05, 3.63) is 89.5 Å². The lowest BCUT2D eigenvalue weighted by molar-refractivity contribution is -0.117. The normalized spacial score (nSPS) is 24.5. The van der Waals surface area contributed by atoms with Gasteiger partial charge in [-0.2, -0.15) is 0 Å². The van der Waals surface area contributed by atoms with E-state index in [1.807, 2.05) is 68.4 Å². The highest BCUT2D eigenvalue weighted by Crippen LogP contribution is 2.64. The predicted octanol–water partition coefficient (Wildman–Crippen LogP) is 4.45. The summed E-state index contributed by atoms with van der Waals surface area (Å²) in [6.45, 7) is 5.32. The van der Waals surface area contributed by atoms with Crippen molar-refractivity contribution in [1.82, 2.24) is 4.90 Å². The molecular weight excluding hydrogens is 524 g/mol. The summed E-state index contributed by atoms with van der Waals surface area (Å²) < 4.78 is 37.2. The Labute approximate surface area is 235 Å². The molecule has 40 heavy (non-hydrogen) atoms. The Bertz CT molecular complexity index is 1590. The van der Waals surface area contributed by atoms with Crippen LogP contribution in [0.2, 0.25) is 0 Å². The molecule has 1 amide bonds. The maximum absolute atomic E-state index is 14.7. The number of hydrogen-bond acceptors (Lipinski definition) is 6. The quantitative estimate of drug-likeness (QED) is 0.433. The van der Waals surface area contributed by atoms with Crippen molar-refractivity contribution in [2.24, 2.45) is 4.99 Å². The first-order valence-corrected chi connectivity index (χ1v) is 15.1. The number of benzene rings is 3. The highest BCUT2D eigenvalue weighted by atomic mass is 32.2. The van der Waals surface area contributed by atoms with Gasteiger partial charge < -0.3 is 15.0 Å². The summed E-state index contributed by atoms with van der Waals surface area (Å²) in [7, 11) is -2.26. The van der Waals surface area contributed by atoms with E-state index in [1.165, 1.54) is 0 Å². The van der Waals surface area contributed by atoms with E-state index < -0.39 is 27.0 Å². The lowest BCUT2D eigenvalue weighted by Gasteiger charge is -2.57. The minimum atomic E-state index is -4.02. The Morgan fingerprint density at radius 2 is 1.77 bits per heavy atom. The lowest BCUT2D eigenvalue weighted by atomic mass is 9.52. The van der Waals surface area contributed by atoms with Crippen LogP contribution in [0.5, 0.6) is 0 Å². The molecule has 1 spiro atoms. The molecule has 0 radical (unpaired) electrons. The van der Waals surface area contributed by atoms with Crippen molar-refractivity contribution < 1.29 is 17.9 Å². The fourth-order valence-electron chi connectivity index (χ4n) is 7.06. The van der Waals surface area contributed by atoms with E-state index in [0.29, 0.717) is 44.1 Å². The van der Waals surface area contributed by atoms with Crippen LogP contribution in [0.15, 0.2) is 82.7 Å². The highest BCUT2D eigenvalue weighted by Gasteiger charge is 2.70. The zero-order chi connectivity index (χ0) is 28.1. The van der Waals surface area contributed by atoms with Crippen molar-refractivity contribution in [1.29, 1.82) is 0 Å². The predicted molar refractivity (Wildman–Crippen MR) is 156 cm³/mol. The average molecular weight is 559 g/mol. The number of carbonyl (C=O) groups is 1. The second-order valence-corrected chi connectivity index (χ2v) is 12.6. The summed E-state index contributed by atoms with van der Waals surface area (Å²) in [4.78, 5) is 18.5. The fraction of sp³-hybridized carbons (Fsp3) is 0.355. The number of nitrogens with one attached hydrogen (secondary N) is 1. The number of anilines is 2. The van der Waals surface area contributed by atoms with Gasteiger partial charge in [-0.15, -0.1) is 0 Å². The van der Waals surface area contributed by atoms with E-state index >= 15 is 0 Å². The Hall–Kier alpha value is -3.85. The molecule has 0 unspecified atom stereocenters. The third-order valence-electron chi connectivity index (χ3n) is 8.77. The van der Waals surface area contributed by atoms with E-state index in [9.17, 15) is 13.2 Å². The van der Waals surface area contributed by atoms with Crippen molar-refractivity contribution in [2.45, 2.75) is 48.6 Å². The summed E-state index contributed by atoms with van der Waals surface area (Å²) >= 11 is 0. The molecule has 0 saturated heterocycles. The topological polar surface area (TPSA) is 91.3 Å². The summed E-state index contributed by atoms with van der Waals surface area (Å²) in [5.41, 5.74) is 2.79. The van der Waals surface area contributed by atoms with Gasteiger partial charge in [-0.05, 0) is 62.1 Å². The van der Waals surface area contributed by atoms with Gasteiger partial charge in [0, 0.05) is 25.8 Å². The first-order valence-electron chi connectivity index (χ1n) is 13.7. The average Bonchev–Trinajstić information content (AvgIpc) is 3.53. The number of carbonyl (C=O) groups excluding carboxylic acids is 1. The van der Waals surface area contributed by atoms with Crippen LogP contribution in [0.1, 0.15) is 36.5 Å². The van der Waals surface area contributed by atoms with Gasteiger partial charge in [0.2, 0.25) is 6.41 Å². The van der Waals surface area contributed by atoms with Gasteiger partial charge in [-0.1, -0.05) is 54.1 Å². The Morgan fingerprint density at radius 1 is 1.07 bits per heavy atom. The molecule has 3 aliphatic rings. The maximum atomic E-state index is 14.7. The van der Waals surface area contributed by atoms with Gasteiger partial charge in [0.05, 0.1) is 28.0 Å².